The number of carbonyl (C=O) groups excluding carboxylic acids is 2. The van der Waals surface area contributed by atoms with Crippen molar-refractivity contribution in [3.8, 4) is 0 Å². The second-order valence-corrected chi connectivity index (χ2v) is 4.82. The maximum absolute atomic E-state index is 12.0. The molecule has 0 fully saturated rings. The molecule has 1 heterocycles. The Labute approximate surface area is 136 Å². The van der Waals surface area contributed by atoms with Crippen molar-refractivity contribution < 1.29 is 44.3 Å². The molecule has 19 heavy (non-hydrogen) atoms. The number of amidine groups is 1. The summed E-state index contributed by atoms with van der Waals surface area (Å²) in [7, 11) is 0. The zero-order valence-electron chi connectivity index (χ0n) is 12.1. The van der Waals surface area contributed by atoms with E-state index in [0.717, 1.165) is 32.1 Å². The quantitative estimate of drug-likeness (QED) is 0.336. The van der Waals surface area contributed by atoms with E-state index < -0.39 is 23.3 Å². The third-order valence-corrected chi connectivity index (χ3v) is 3.40. The Bertz CT molecular complexity index is 358. The summed E-state index contributed by atoms with van der Waals surface area (Å²) in [6.07, 6.45) is 5.67. The van der Waals surface area contributed by atoms with Gasteiger partial charge in [-0.2, -0.15) is 0 Å². The molecule has 6 heteroatoms. The second kappa shape index (κ2) is 8.72. The fourth-order valence-electron chi connectivity index (χ4n) is 2.39. The van der Waals surface area contributed by atoms with E-state index in [1.54, 1.807) is 0 Å². The molecule has 0 aromatic rings. The van der Waals surface area contributed by atoms with E-state index in [2.05, 4.69) is 17.2 Å². The van der Waals surface area contributed by atoms with Crippen LogP contribution < -0.4 is 40.0 Å². The third-order valence-electron chi connectivity index (χ3n) is 3.40. The molecule has 1 unspecified atom stereocenters. The van der Waals surface area contributed by atoms with Gasteiger partial charge in [0.1, 0.15) is 5.41 Å². The predicted molar refractivity (Wildman–Crippen MR) is 66.7 cm³/mol. The normalized spacial score (nSPS) is 22.5. The maximum atomic E-state index is 12.0. The Hall–Kier alpha value is -0.390. The van der Waals surface area contributed by atoms with Gasteiger partial charge in [-0.1, -0.05) is 46.0 Å². The smallest absolute Gasteiger partial charge is 0.846 e. The number of carbonyl (C=O) groups is 2. The Morgan fingerprint density at radius 2 is 1.79 bits per heavy atom. The van der Waals surface area contributed by atoms with Crippen molar-refractivity contribution in [2.75, 3.05) is 0 Å². The zero-order valence-corrected chi connectivity index (χ0v) is 14.1. The Balaban J connectivity index is 0.00000324. The minimum absolute atomic E-state index is 0. The van der Waals surface area contributed by atoms with Crippen molar-refractivity contribution in [3.63, 3.8) is 0 Å². The number of hydrogen-bond donors (Lipinski definition) is 1. The van der Waals surface area contributed by atoms with Gasteiger partial charge >= 0.3 is 29.6 Å². The van der Waals surface area contributed by atoms with E-state index in [4.69, 9.17) is 0 Å². The van der Waals surface area contributed by atoms with Crippen LogP contribution in [-0.2, 0) is 9.59 Å². The van der Waals surface area contributed by atoms with Crippen LogP contribution in [0.4, 0.5) is 0 Å². The largest absolute Gasteiger partial charge is 1.00 e. The number of rotatable bonds is 7. The number of unbranched alkanes of at least 4 members (excludes halogenated alkanes) is 3. The molecular weight excluding hydrogens is 255 g/mol. The molecule has 1 rings (SSSR count). The van der Waals surface area contributed by atoms with E-state index in [-0.39, 0.29) is 29.6 Å². The zero-order chi connectivity index (χ0) is 13.6. The van der Waals surface area contributed by atoms with Gasteiger partial charge in [-0.15, -0.1) is 0 Å². The van der Waals surface area contributed by atoms with Gasteiger partial charge in [0.15, 0.2) is 0 Å². The van der Waals surface area contributed by atoms with Crippen LogP contribution in [0.25, 0.3) is 0 Å². The van der Waals surface area contributed by atoms with E-state index in [1.807, 2.05) is 6.92 Å². The van der Waals surface area contributed by atoms with Crippen LogP contribution in [0, 0.1) is 5.41 Å². The Morgan fingerprint density at radius 1 is 1.11 bits per heavy atom. The summed E-state index contributed by atoms with van der Waals surface area (Å²) in [5.74, 6) is -1.03. The fraction of sp³-hybridized carbons (Fsp3) is 0.769. The summed E-state index contributed by atoms with van der Waals surface area (Å²) >= 11 is 0. The average molecular weight is 276 g/mol. The van der Waals surface area contributed by atoms with Crippen molar-refractivity contribution in [1.29, 1.82) is 0 Å². The van der Waals surface area contributed by atoms with Crippen LogP contribution in [0.1, 0.15) is 58.8 Å². The standard InChI is InChI=1S/C13H22N2O3.Na/c1-3-5-6-7-9-13(8-4-2)10(16)14-12(18)15-11(13)17;/h3-9H2,1-2H3,(H2,14,15,16,17,18);/q;+1/p-1. The molecule has 1 N–H and O–H groups in total. The SMILES string of the molecule is CCCCCCC1(CCC)C(=O)N=C([O-])NC1=O.[Na+]. The first-order valence-electron chi connectivity index (χ1n) is 6.68. The number of aliphatic imine (C=N–C) groups is 1. The number of hydrogen-bond acceptors (Lipinski definition) is 3. The van der Waals surface area contributed by atoms with E-state index in [1.165, 1.54) is 0 Å². The van der Waals surface area contributed by atoms with Crippen LogP contribution in [0.5, 0.6) is 0 Å². The predicted octanol–water partition coefficient (Wildman–Crippen LogP) is -1.88. The molecule has 102 valence electrons. The molecule has 0 spiro atoms. The van der Waals surface area contributed by atoms with Crippen molar-refractivity contribution in [2.45, 2.75) is 58.8 Å². The molecule has 0 bridgehead atoms. The summed E-state index contributed by atoms with van der Waals surface area (Å²) in [5.41, 5.74) is -1.10. The third kappa shape index (κ3) is 4.58. The van der Waals surface area contributed by atoms with Crippen LogP contribution in [0.3, 0.4) is 0 Å². The summed E-state index contributed by atoms with van der Waals surface area (Å²) < 4.78 is 0. The Morgan fingerprint density at radius 3 is 2.32 bits per heavy atom. The van der Waals surface area contributed by atoms with Crippen molar-refractivity contribution in [1.82, 2.24) is 5.32 Å². The molecule has 1 aliphatic rings. The molecule has 0 saturated carbocycles. The van der Waals surface area contributed by atoms with Gasteiger partial charge in [-0.05, 0) is 12.8 Å². The van der Waals surface area contributed by atoms with Crippen molar-refractivity contribution >= 4 is 17.8 Å². The molecule has 2 amide bonds. The van der Waals surface area contributed by atoms with Crippen LogP contribution in [0.15, 0.2) is 4.99 Å². The molecule has 0 aromatic heterocycles. The average Bonchev–Trinajstić information content (AvgIpc) is 2.31. The molecule has 0 aliphatic carbocycles. The van der Waals surface area contributed by atoms with Gasteiger partial charge in [-0.3, -0.25) is 9.59 Å². The molecule has 0 radical (unpaired) electrons. The van der Waals surface area contributed by atoms with Gasteiger partial charge < -0.3 is 10.4 Å². The topological polar surface area (TPSA) is 81.6 Å². The molecule has 5 nitrogen and oxygen atoms in total. The van der Waals surface area contributed by atoms with Crippen molar-refractivity contribution in [3.05, 3.63) is 0 Å². The number of nitrogens with zero attached hydrogens (tertiary/aromatic N) is 1. The molecule has 0 aromatic carbocycles. The Kier molecular flexibility index (Phi) is 8.54. The maximum Gasteiger partial charge on any atom is 1.00 e. The minimum Gasteiger partial charge on any atom is -0.846 e. The van der Waals surface area contributed by atoms with Gasteiger partial charge in [0.25, 0.3) is 5.91 Å². The summed E-state index contributed by atoms with van der Waals surface area (Å²) in [6.45, 7) is 4.03. The van der Waals surface area contributed by atoms with Gasteiger partial charge in [0.05, 0.1) is 6.02 Å². The minimum atomic E-state index is -1.10. The van der Waals surface area contributed by atoms with E-state index >= 15 is 0 Å². The first kappa shape index (κ1) is 18.6. The summed E-state index contributed by atoms with van der Waals surface area (Å²) in [6, 6.07) is -0.828. The first-order valence-corrected chi connectivity index (χ1v) is 6.68. The van der Waals surface area contributed by atoms with Gasteiger partial charge in [-0.25, -0.2) is 4.99 Å². The monoisotopic (exact) mass is 276 g/mol. The van der Waals surface area contributed by atoms with E-state index in [0.29, 0.717) is 12.8 Å². The number of amides is 2. The number of nitrogens with one attached hydrogen (secondary N) is 1. The molecule has 0 saturated heterocycles. The second-order valence-electron chi connectivity index (χ2n) is 4.82. The van der Waals surface area contributed by atoms with E-state index in [9.17, 15) is 14.7 Å². The summed E-state index contributed by atoms with van der Waals surface area (Å²) in [4.78, 5) is 27.3. The van der Waals surface area contributed by atoms with Crippen LogP contribution in [-0.4, -0.2) is 17.8 Å². The van der Waals surface area contributed by atoms with Crippen LogP contribution >= 0.6 is 0 Å². The fourth-order valence-corrected chi connectivity index (χ4v) is 2.39. The molecular formula is C13H21N2NaO3. The first-order chi connectivity index (χ1) is 8.56. The van der Waals surface area contributed by atoms with Crippen LogP contribution in [0.2, 0.25) is 0 Å². The molecule has 1 aliphatic heterocycles. The van der Waals surface area contributed by atoms with Crippen molar-refractivity contribution in [2.24, 2.45) is 10.4 Å². The van der Waals surface area contributed by atoms with Gasteiger partial charge in [0.2, 0.25) is 5.91 Å². The summed E-state index contributed by atoms with van der Waals surface area (Å²) in [5, 5.41) is 13.2. The molecule has 1 atom stereocenters. The van der Waals surface area contributed by atoms with Gasteiger partial charge in [0, 0.05) is 0 Å².